The van der Waals surface area contributed by atoms with Crippen molar-refractivity contribution in [2.75, 3.05) is 31.3 Å². The fourth-order valence-electron chi connectivity index (χ4n) is 3.01. The maximum absolute atomic E-state index is 13.8. The van der Waals surface area contributed by atoms with Gasteiger partial charge in [-0.05, 0) is 22.6 Å². The molecule has 17 heteroatoms. The zero-order valence-electron chi connectivity index (χ0n) is 17.4. The van der Waals surface area contributed by atoms with E-state index in [1.165, 1.54) is 17.1 Å². The maximum atomic E-state index is 13.8. The number of nitrogen functional groups attached to an aromatic ring is 2. The number of rotatable bonds is 6. The lowest BCUT2D eigenvalue weighted by atomic mass is 10.1. The van der Waals surface area contributed by atoms with Crippen LogP contribution in [0.25, 0.3) is 11.2 Å². The van der Waals surface area contributed by atoms with E-state index < -0.39 is 36.9 Å². The van der Waals surface area contributed by atoms with E-state index in [-0.39, 0.29) is 42.8 Å². The van der Waals surface area contributed by atoms with Crippen molar-refractivity contribution in [2.45, 2.75) is 31.3 Å². The molecule has 1 aliphatic rings. The number of aromatic amines is 1. The van der Waals surface area contributed by atoms with Crippen molar-refractivity contribution in [1.82, 2.24) is 29.1 Å². The number of nitrogens with one attached hydrogen (secondary N) is 1. The SMILES string of the molecule is Nc1nc(=O)n([C@@H]2O[C@H](CO)[C@@H](O)[C@@H]2F)cc1I.Nc1nc2c(ncn2COCCO)c(=O)[nH]1. The molecule has 15 nitrogen and oxygen atoms in total. The van der Waals surface area contributed by atoms with Gasteiger partial charge in [0.15, 0.2) is 23.6 Å². The van der Waals surface area contributed by atoms with E-state index in [1.54, 1.807) is 0 Å². The van der Waals surface area contributed by atoms with Gasteiger partial charge in [-0.25, -0.2) is 14.2 Å². The minimum atomic E-state index is -1.82. The quantitative estimate of drug-likeness (QED) is 0.130. The monoisotopic (exact) mass is 596 g/mol. The average Bonchev–Trinajstić information content (AvgIpc) is 3.32. The number of aliphatic hydroxyl groups is 3. The summed E-state index contributed by atoms with van der Waals surface area (Å²) in [4.78, 5) is 36.7. The number of halogens is 2. The Balaban J connectivity index is 0.000000192. The predicted octanol–water partition coefficient (Wildman–Crippen LogP) is -2.31. The molecule has 0 saturated carbocycles. The molecule has 1 fully saturated rings. The minimum Gasteiger partial charge on any atom is -0.394 e. The van der Waals surface area contributed by atoms with Gasteiger partial charge in [-0.2, -0.15) is 9.97 Å². The molecule has 3 aromatic rings. The number of anilines is 2. The van der Waals surface area contributed by atoms with Gasteiger partial charge in [0.1, 0.15) is 24.8 Å². The lowest BCUT2D eigenvalue weighted by Crippen LogP contribution is -2.34. The molecule has 0 amide bonds. The van der Waals surface area contributed by atoms with Crippen LogP contribution >= 0.6 is 22.6 Å². The van der Waals surface area contributed by atoms with Gasteiger partial charge in [-0.3, -0.25) is 18.9 Å². The maximum Gasteiger partial charge on any atom is 0.351 e. The van der Waals surface area contributed by atoms with E-state index in [0.717, 1.165) is 4.57 Å². The third-order valence-corrected chi connectivity index (χ3v) is 5.47. The first-order valence-corrected chi connectivity index (χ1v) is 10.8. The molecule has 34 heavy (non-hydrogen) atoms. The molecule has 0 bridgehead atoms. The Kier molecular flexibility index (Phi) is 8.49. The molecule has 8 N–H and O–H groups in total. The summed E-state index contributed by atoms with van der Waals surface area (Å²) in [7, 11) is 0. The number of hydrogen-bond acceptors (Lipinski definition) is 12. The number of fused-ring (bicyclic) bond motifs is 1. The van der Waals surface area contributed by atoms with E-state index in [0.29, 0.717) is 9.22 Å². The molecule has 4 rings (SSSR count). The van der Waals surface area contributed by atoms with Crippen molar-refractivity contribution in [2.24, 2.45) is 0 Å². The van der Waals surface area contributed by atoms with Crippen molar-refractivity contribution in [3.8, 4) is 0 Å². The molecule has 0 aromatic carbocycles. The molecule has 3 aromatic heterocycles. The molecule has 1 saturated heterocycles. The third kappa shape index (κ3) is 5.50. The van der Waals surface area contributed by atoms with Crippen molar-refractivity contribution in [1.29, 1.82) is 0 Å². The van der Waals surface area contributed by atoms with Crippen LogP contribution in [0.2, 0.25) is 0 Å². The number of nitrogens with two attached hydrogens (primary N) is 2. The number of nitrogens with zero attached hydrogens (tertiary/aromatic N) is 5. The van der Waals surface area contributed by atoms with Gasteiger partial charge in [0.2, 0.25) is 5.95 Å². The van der Waals surface area contributed by atoms with Gasteiger partial charge >= 0.3 is 5.69 Å². The van der Waals surface area contributed by atoms with E-state index in [2.05, 4.69) is 19.9 Å². The Hall–Kier alpha value is -2.71. The second-order valence-electron chi connectivity index (χ2n) is 6.95. The number of ether oxygens (including phenoxy) is 2. The summed E-state index contributed by atoms with van der Waals surface area (Å²) in [6.07, 6.45) is -2.94. The number of hydrogen-bond donors (Lipinski definition) is 6. The Morgan fingerprint density at radius 3 is 2.68 bits per heavy atom. The molecular formula is C17H22FIN8O7. The van der Waals surface area contributed by atoms with Crippen LogP contribution < -0.4 is 22.7 Å². The third-order valence-electron chi connectivity index (χ3n) is 4.64. The number of aromatic nitrogens is 6. The summed E-state index contributed by atoms with van der Waals surface area (Å²) in [5.41, 5.74) is 10.3. The molecule has 0 radical (unpaired) electrons. The van der Waals surface area contributed by atoms with E-state index in [1.807, 2.05) is 22.6 Å². The lowest BCUT2D eigenvalue weighted by molar-refractivity contribution is -0.0491. The molecule has 0 aliphatic carbocycles. The van der Waals surface area contributed by atoms with E-state index >= 15 is 0 Å². The minimum absolute atomic E-state index is 0.0291. The molecule has 0 spiro atoms. The summed E-state index contributed by atoms with van der Waals surface area (Å²) in [6, 6.07) is 0. The molecule has 1 aliphatic heterocycles. The van der Waals surface area contributed by atoms with Crippen molar-refractivity contribution >= 4 is 45.5 Å². The summed E-state index contributed by atoms with van der Waals surface area (Å²) in [5, 5.41) is 26.9. The zero-order valence-corrected chi connectivity index (χ0v) is 19.6. The lowest BCUT2D eigenvalue weighted by Gasteiger charge is -2.16. The highest BCUT2D eigenvalue weighted by Crippen LogP contribution is 2.31. The first-order valence-electron chi connectivity index (χ1n) is 9.69. The largest absolute Gasteiger partial charge is 0.394 e. The van der Waals surface area contributed by atoms with Gasteiger partial charge in [0, 0.05) is 6.20 Å². The van der Waals surface area contributed by atoms with Crippen molar-refractivity contribution < 1.29 is 29.2 Å². The molecule has 4 atom stereocenters. The standard InChI is InChI=1S/C9H11FIN3O4.C8H11N5O3/c10-5-6(16)4(2-15)18-8(5)14-1-3(11)7(12)13-9(14)17;9-8-11-6-5(7(15)12-8)10-3-13(6)4-16-2-1-14/h1,4-6,8,15-16H,2H2,(H2,12,13,17);3,14H,1-2,4H2,(H3,9,11,12,15)/t4-,5+,6-,8-;/m1./s1. The summed E-state index contributed by atoms with van der Waals surface area (Å²) in [6.45, 7) is -0.236. The van der Waals surface area contributed by atoms with Crippen LogP contribution in [-0.2, 0) is 16.2 Å². The summed E-state index contributed by atoms with van der Waals surface area (Å²) in [5.74, 6) is 0.0749. The van der Waals surface area contributed by atoms with Crippen LogP contribution in [-0.4, -0.2) is 82.6 Å². The molecule has 186 valence electrons. The van der Waals surface area contributed by atoms with Crippen LogP contribution in [0.1, 0.15) is 6.23 Å². The fourth-order valence-corrected chi connectivity index (χ4v) is 3.43. The van der Waals surface area contributed by atoms with E-state index in [4.69, 9.17) is 31.2 Å². The first-order chi connectivity index (χ1) is 16.2. The molecular weight excluding hydrogens is 574 g/mol. The zero-order chi connectivity index (χ0) is 25.0. The van der Waals surface area contributed by atoms with Crippen LogP contribution in [0.3, 0.4) is 0 Å². The average molecular weight is 596 g/mol. The smallest absolute Gasteiger partial charge is 0.351 e. The Bertz CT molecular complexity index is 1250. The molecule has 4 heterocycles. The second kappa shape index (κ2) is 11.1. The predicted molar refractivity (Wildman–Crippen MR) is 123 cm³/mol. The van der Waals surface area contributed by atoms with Gasteiger partial charge in [0.25, 0.3) is 5.56 Å². The van der Waals surface area contributed by atoms with Gasteiger partial charge in [0.05, 0.1) is 29.7 Å². The van der Waals surface area contributed by atoms with Crippen molar-refractivity contribution in [3.05, 3.63) is 36.9 Å². The van der Waals surface area contributed by atoms with Gasteiger partial charge in [-0.15, -0.1) is 0 Å². The highest BCUT2D eigenvalue weighted by atomic mass is 127. The van der Waals surface area contributed by atoms with Gasteiger partial charge < -0.3 is 36.3 Å². The van der Waals surface area contributed by atoms with Crippen LogP contribution in [0.15, 0.2) is 22.1 Å². The van der Waals surface area contributed by atoms with Crippen molar-refractivity contribution in [3.63, 3.8) is 0 Å². The second-order valence-corrected chi connectivity index (χ2v) is 8.11. The summed E-state index contributed by atoms with van der Waals surface area (Å²) >= 11 is 1.84. The highest BCUT2D eigenvalue weighted by Gasteiger charge is 2.45. The topological polar surface area (TPSA) is 230 Å². The Labute approximate surface area is 203 Å². The Morgan fingerprint density at radius 2 is 2.03 bits per heavy atom. The number of alkyl halides is 1. The summed E-state index contributed by atoms with van der Waals surface area (Å²) < 4.78 is 26.9. The van der Waals surface area contributed by atoms with Crippen LogP contribution in [0, 0.1) is 3.57 Å². The Morgan fingerprint density at radius 1 is 1.29 bits per heavy atom. The number of aliphatic hydroxyl groups excluding tert-OH is 3. The van der Waals surface area contributed by atoms with Crippen LogP contribution in [0.4, 0.5) is 16.2 Å². The van der Waals surface area contributed by atoms with Gasteiger partial charge in [-0.1, -0.05) is 0 Å². The van der Waals surface area contributed by atoms with E-state index in [9.17, 15) is 19.1 Å². The molecule has 0 unspecified atom stereocenters. The first kappa shape index (κ1) is 25.9. The number of imidazole rings is 1. The highest BCUT2D eigenvalue weighted by molar-refractivity contribution is 14.1. The fraction of sp³-hybridized carbons (Fsp3) is 0.471. The normalized spacial score (nSPS) is 22.0. The number of H-pyrrole nitrogens is 1. The van der Waals surface area contributed by atoms with Crippen LogP contribution in [0.5, 0.6) is 0 Å².